The highest BCUT2D eigenvalue weighted by Crippen LogP contribution is 2.16. The minimum Gasteiger partial charge on any atom is -0.468 e. The van der Waals surface area contributed by atoms with Crippen molar-refractivity contribution >= 4 is 33.3 Å². The maximum absolute atomic E-state index is 12.1. The van der Waals surface area contributed by atoms with Crippen molar-refractivity contribution in [2.24, 2.45) is 0 Å². The summed E-state index contributed by atoms with van der Waals surface area (Å²) < 4.78 is 30.8. The second-order valence-corrected chi connectivity index (χ2v) is 6.02. The van der Waals surface area contributed by atoms with E-state index in [1.54, 1.807) is 0 Å². The van der Waals surface area contributed by atoms with Crippen LogP contribution < -0.4 is 4.72 Å². The van der Waals surface area contributed by atoms with Gasteiger partial charge in [0.1, 0.15) is 6.04 Å². The molecule has 1 rings (SSSR count). The molecule has 8 nitrogen and oxygen atoms in total. The average molecular weight is 337 g/mol. The third-order valence-corrected chi connectivity index (χ3v) is 4.24. The largest absolute Gasteiger partial charge is 0.468 e. The second kappa shape index (κ2) is 7.34. The number of benzene rings is 1. The molecule has 21 heavy (non-hydrogen) atoms. The summed E-state index contributed by atoms with van der Waals surface area (Å²) in [5.41, 5.74) is -0.237. The Morgan fingerprint density at radius 1 is 1.43 bits per heavy atom. The van der Waals surface area contributed by atoms with Crippen LogP contribution in [0.2, 0.25) is 0 Å². The number of alkyl halides is 1. The molecule has 0 aromatic heterocycles. The Morgan fingerprint density at radius 2 is 2.00 bits per heavy atom. The molecule has 0 saturated carbocycles. The van der Waals surface area contributed by atoms with E-state index in [1.807, 2.05) is 0 Å². The number of rotatable bonds is 7. The Bertz CT molecular complexity index is 616. The molecule has 0 fully saturated rings. The van der Waals surface area contributed by atoms with E-state index in [2.05, 4.69) is 9.46 Å². The summed E-state index contributed by atoms with van der Waals surface area (Å²) in [4.78, 5) is 21.1. The summed E-state index contributed by atoms with van der Waals surface area (Å²) in [6, 6.07) is 3.16. The number of methoxy groups -OCH3 is 1. The molecule has 0 bridgehead atoms. The van der Waals surface area contributed by atoms with E-state index < -0.39 is 27.0 Å². The van der Waals surface area contributed by atoms with Crippen molar-refractivity contribution in [1.82, 2.24) is 4.72 Å². The molecule has 0 aliphatic heterocycles. The van der Waals surface area contributed by atoms with Gasteiger partial charge in [-0.05, 0) is 18.6 Å². The van der Waals surface area contributed by atoms with Gasteiger partial charge in [0.15, 0.2) is 0 Å². The van der Waals surface area contributed by atoms with Crippen LogP contribution in [0.25, 0.3) is 0 Å². The SMILES string of the molecule is COC(=O)[C@H](CCCl)NS(=O)(=O)c1ccc([N+](=O)[O-])cc1. The Kier molecular flexibility index (Phi) is 6.06. The second-order valence-electron chi connectivity index (χ2n) is 3.93. The number of carbonyl (C=O) groups excluding carboxylic acids is 1. The summed E-state index contributed by atoms with van der Waals surface area (Å²) in [5, 5.41) is 10.5. The van der Waals surface area contributed by atoms with Crippen LogP contribution in [0.1, 0.15) is 6.42 Å². The molecule has 116 valence electrons. The quantitative estimate of drug-likeness (QED) is 0.344. The number of nitrogens with zero attached hydrogens (tertiary/aromatic N) is 1. The Hall–Kier alpha value is -1.71. The standard InChI is InChI=1S/C11H13ClN2O6S/c1-20-11(15)10(6-7-12)13-21(18,19)9-4-2-8(3-5-9)14(16)17/h2-5,10,13H,6-7H2,1H3/t10-/m0/s1. The molecule has 0 saturated heterocycles. The lowest BCUT2D eigenvalue weighted by atomic mass is 10.2. The van der Waals surface area contributed by atoms with Crippen molar-refractivity contribution in [3.8, 4) is 0 Å². The number of esters is 1. The van der Waals surface area contributed by atoms with Gasteiger partial charge in [-0.15, -0.1) is 11.6 Å². The molecule has 10 heteroatoms. The molecule has 0 heterocycles. The van der Waals surface area contributed by atoms with Crippen LogP contribution in [0, 0.1) is 10.1 Å². The fraction of sp³-hybridized carbons (Fsp3) is 0.364. The lowest BCUT2D eigenvalue weighted by molar-refractivity contribution is -0.384. The van der Waals surface area contributed by atoms with Crippen LogP contribution >= 0.6 is 11.6 Å². The van der Waals surface area contributed by atoms with E-state index in [0.29, 0.717) is 0 Å². The van der Waals surface area contributed by atoms with Gasteiger partial charge < -0.3 is 4.74 Å². The van der Waals surface area contributed by atoms with E-state index in [9.17, 15) is 23.3 Å². The van der Waals surface area contributed by atoms with E-state index in [-0.39, 0.29) is 22.9 Å². The Labute approximate surface area is 126 Å². The lowest BCUT2D eigenvalue weighted by Gasteiger charge is -2.15. The van der Waals surface area contributed by atoms with Gasteiger partial charge in [-0.1, -0.05) is 0 Å². The highest BCUT2D eigenvalue weighted by molar-refractivity contribution is 7.89. The Balaban J connectivity index is 2.98. The highest BCUT2D eigenvalue weighted by Gasteiger charge is 2.26. The number of nitro benzene ring substituents is 1. The monoisotopic (exact) mass is 336 g/mol. The zero-order chi connectivity index (χ0) is 16.0. The van der Waals surface area contributed by atoms with Crippen LogP contribution in [0.4, 0.5) is 5.69 Å². The highest BCUT2D eigenvalue weighted by atomic mass is 35.5. The molecule has 0 spiro atoms. The first-order valence-electron chi connectivity index (χ1n) is 5.72. The zero-order valence-electron chi connectivity index (χ0n) is 11.0. The first-order valence-corrected chi connectivity index (χ1v) is 7.74. The summed E-state index contributed by atoms with van der Waals surface area (Å²) >= 11 is 5.51. The molecule has 0 unspecified atom stereocenters. The number of sulfonamides is 1. The number of carbonyl (C=O) groups is 1. The smallest absolute Gasteiger partial charge is 0.323 e. The first kappa shape index (κ1) is 17.3. The van der Waals surface area contributed by atoms with Crippen LogP contribution in [0.5, 0.6) is 0 Å². The molecule has 1 aromatic carbocycles. The molecule has 1 atom stereocenters. The topological polar surface area (TPSA) is 116 Å². The van der Waals surface area contributed by atoms with E-state index in [1.165, 1.54) is 0 Å². The van der Waals surface area contributed by atoms with E-state index in [0.717, 1.165) is 31.4 Å². The van der Waals surface area contributed by atoms with Crippen LogP contribution in [-0.2, 0) is 19.6 Å². The number of nitro groups is 1. The van der Waals surface area contributed by atoms with Crippen molar-refractivity contribution < 1.29 is 22.9 Å². The van der Waals surface area contributed by atoms with Crippen molar-refractivity contribution in [2.45, 2.75) is 17.4 Å². The fourth-order valence-corrected chi connectivity index (χ4v) is 2.92. The number of hydrogen-bond acceptors (Lipinski definition) is 6. The summed E-state index contributed by atoms with van der Waals surface area (Å²) in [5.74, 6) is -0.705. The third-order valence-electron chi connectivity index (χ3n) is 2.54. The zero-order valence-corrected chi connectivity index (χ0v) is 12.6. The molecular weight excluding hydrogens is 324 g/mol. The predicted octanol–water partition coefficient (Wildman–Crippen LogP) is 1.04. The van der Waals surface area contributed by atoms with Crippen LogP contribution in [0.15, 0.2) is 29.2 Å². The van der Waals surface area contributed by atoms with Crippen molar-refractivity contribution in [1.29, 1.82) is 0 Å². The van der Waals surface area contributed by atoms with Crippen LogP contribution in [0.3, 0.4) is 0 Å². The van der Waals surface area contributed by atoms with Crippen molar-refractivity contribution in [3.63, 3.8) is 0 Å². The van der Waals surface area contributed by atoms with Crippen LogP contribution in [-0.4, -0.2) is 38.3 Å². The number of non-ortho nitro benzene ring substituents is 1. The normalized spacial score (nSPS) is 12.7. The van der Waals surface area contributed by atoms with Gasteiger partial charge in [-0.25, -0.2) is 8.42 Å². The minimum absolute atomic E-state index is 0.0560. The van der Waals surface area contributed by atoms with Crippen molar-refractivity contribution in [2.75, 3.05) is 13.0 Å². The summed E-state index contributed by atoms with van der Waals surface area (Å²) in [6.45, 7) is 0. The van der Waals surface area contributed by atoms with Gasteiger partial charge >= 0.3 is 5.97 Å². The molecule has 1 aromatic rings. The van der Waals surface area contributed by atoms with E-state index in [4.69, 9.17) is 11.6 Å². The number of ether oxygens (including phenoxy) is 1. The molecule has 0 aliphatic rings. The molecule has 1 N–H and O–H groups in total. The average Bonchev–Trinajstić information content (AvgIpc) is 2.45. The third kappa shape index (κ3) is 4.66. The molecular formula is C11H13ClN2O6S. The van der Waals surface area contributed by atoms with Crippen molar-refractivity contribution in [3.05, 3.63) is 34.4 Å². The van der Waals surface area contributed by atoms with Gasteiger partial charge in [0.25, 0.3) is 5.69 Å². The lowest BCUT2D eigenvalue weighted by Crippen LogP contribution is -2.41. The van der Waals surface area contributed by atoms with Gasteiger partial charge in [0.2, 0.25) is 10.0 Å². The van der Waals surface area contributed by atoms with Gasteiger partial charge in [-0.2, -0.15) is 4.72 Å². The molecule has 0 radical (unpaired) electrons. The van der Waals surface area contributed by atoms with Gasteiger partial charge in [0, 0.05) is 18.0 Å². The molecule has 0 aliphatic carbocycles. The number of nitrogens with one attached hydrogen (secondary N) is 1. The first-order chi connectivity index (χ1) is 9.81. The Morgan fingerprint density at radius 3 is 2.43 bits per heavy atom. The van der Waals surface area contributed by atoms with Gasteiger partial charge in [0.05, 0.1) is 16.9 Å². The molecule has 0 amide bonds. The summed E-state index contributed by atoms with van der Waals surface area (Å²) in [6.07, 6.45) is 0.0560. The number of halogens is 1. The van der Waals surface area contributed by atoms with Gasteiger partial charge in [-0.3, -0.25) is 14.9 Å². The number of hydrogen-bond donors (Lipinski definition) is 1. The maximum Gasteiger partial charge on any atom is 0.323 e. The minimum atomic E-state index is -4.01. The predicted molar refractivity (Wildman–Crippen MR) is 74.6 cm³/mol. The fourth-order valence-electron chi connectivity index (χ4n) is 1.48. The summed E-state index contributed by atoms with van der Waals surface area (Å²) in [7, 11) is -2.88. The maximum atomic E-state index is 12.1. The van der Waals surface area contributed by atoms with E-state index >= 15 is 0 Å².